The molecular formula is C10H12BrNOS2. The molecule has 0 saturated heterocycles. The molecule has 0 fully saturated rings. The van der Waals surface area contributed by atoms with E-state index >= 15 is 0 Å². The van der Waals surface area contributed by atoms with Crippen LogP contribution in [0, 0.1) is 0 Å². The fourth-order valence-corrected chi connectivity index (χ4v) is 2.02. The minimum atomic E-state index is 0.537. The zero-order chi connectivity index (χ0) is 11.1. The molecule has 0 amide bonds. The molecule has 0 heterocycles. The van der Waals surface area contributed by atoms with E-state index in [0.717, 1.165) is 11.0 Å². The molecule has 1 rings (SSSR count). The molecule has 1 aromatic carbocycles. The zero-order valence-electron chi connectivity index (χ0n) is 8.33. The van der Waals surface area contributed by atoms with Crippen molar-refractivity contribution in [2.75, 3.05) is 6.61 Å². The molecule has 1 N–H and O–H groups in total. The first-order chi connectivity index (χ1) is 7.22. The van der Waals surface area contributed by atoms with E-state index in [0.29, 0.717) is 11.0 Å². The lowest BCUT2D eigenvalue weighted by molar-refractivity contribution is 0.346. The molecule has 0 bridgehead atoms. The third-order valence-electron chi connectivity index (χ3n) is 1.61. The standard InChI is InChI=1S/C10H12BrNOS2/c1-2-13-10(14)15-12-7-8-3-5-9(11)6-4-8/h3-6,12H,2,7H2,1H3. The Morgan fingerprint density at radius 3 is 2.73 bits per heavy atom. The SMILES string of the molecule is CCOC(=S)SNCc1ccc(Br)cc1. The van der Waals surface area contributed by atoms with Crippen molar-refractivity contribution in [2.24, 2.45) is 0 Å². The number of thiocarbonyl (C=S) groups is 1. The van der Waals surface area contributed by atoms with Gasteiger partial charge in [0.05, 0.1) is 6.61 Å². The summed E-state index contributed by atoms with van der Waals surface area (Å²) in [6, 6.07) is 8.15. The van der Waals surface area contributed by atoms with Gasteiger partial charge in [-0.3, -0.25) is 4.72 Å². The molecule has 0 atom stereocenters. The minimum absolute atomic E-state index is 0.537. The van der Waals surface area contributed by atoms with Crippen molar-refractivity contribution in [3.63, 3.8) is 0 Å². The Morgan fingerprint density at radius 1 is 1.47 bits per heavy atom. The summed E-state index contributed by atoms with van der Waals surface area (Å²) in [4.78, 5) is 0. The van der Waals surface area contributed by atoms with Gasteiger partial charge in [0.2, 0.25) is 4.38 Å². The first kappa shape index (κ1) is 13.0. The van der Waals surface area contributed by atoms with Crippen molar-refractivity contribution in [1.29, 1.82) is 0 Å². The predicted octanol–water partition coefficient (Wildman–Crippen LogP) is 3.51. The molecule has 0 aliphatic heterocycles. The number of nitrogens with one attached hydrogen (secondary N) is 1. The molecule has 0 saturated carbocycles. The van der Waals surface area contributed by atoms with Gasteiger partial charge in [-0.1, -0.05) is 28.1 Å². The van der Waals surface area contributed by atoms with Gasteiger partial charge in [-0.05, 0) is 36.8 Å². The highest BCUT2D eigenvalue weighted by molar-refractivity contribution is 9.10. The van der Waals surface area contributed by atoms with Crippen LogP contribution in [-0.2, 0) is 11.3 Å². The largest absolute Gasteiger partial charge is 0.478 e. The van der Waals surface area contributed by atoms with Gasteiger partial charge in [-0.15, -0.1) is 0 Å². The van der Waals surface area contributed by atoms with E-state index in [1.54, 1.807) is 0 Å². The van der Waals surface area contributed by atoms with Crippen molar-refractivity contribution in [3.05, 3.63) is 34.3 Å². The monoisotopic (exact) mass is 305 g/mol. The Bertz CT molecular complexity index is 316. The van der Waals surface area contributed by atoms with Gasteiger partial charge in [0.1, 0.15) is 0 Å². The Balaban J connectivity index is 2.26. The highest BCUT2D eigenvalue weighted by atomic mass is 79.9. The Labute approximate surface area is 108 Å². The van der Waals surface area contributed by atoms with Crippen LogP contribution in [0.5, 0.6) is 0 Å². The Morgan fingerprint density at radius 2 is 2.13 bits per heavy atom. The highest BCUT2D eigenvalue weighted by Gasteiger charge is 1.97. The zero-order valence-corrected chi connectivity index (χ0v) is 11.5. The minimum Gasteiger partial charge on any atom is -0.478 e. The van der Waals surface area contributed by atoms with Crippen LogP contribution in [0.3, 0.4) is 0 Å². The summed E-state index contributed by atoms with van der Waals surface area (Å²) in [7, 11) is 0. The molecular weight excluding hydrogens is 294 g/mol. The van der Waals surface area contributed by atoms with Crippen LogP contribution >= 0.6 is 40.1 Å². The second-order valence-corrected chi connectivity index (χ2v) is 5.14. The summed E-state index contributed by atoms with van der Waals surface area (Å²) in [5, 5.41) is 0. The van der Waals surface area contributed by atoms with Crippen LogP contribution in [-0.4, -0.2) is 11.0 Å². The first-order valence-corrected chi connectivity index (χ1v) is 6.55. The molecule has 15 heavy (non-hydrogen) atoms. The molecule has 2 nitrogen and oxygen atoms in total. The summed E-state index contributed by atoms with van der Waals surface area (Å²) < 4.78 is 9.89. The summed E-state index contributed by atoms with van der Waals surface area (Å²) in [6.45, 7) is 3.30. The lowest BCUT2D eigenvalue weighted by atomic mass is 10.2. The van der Waals surface area contributed by atoms with E-state index in [1.807, 2.05) is 19.1 Å². The predicted molar refractivity (Wildman–Crippen MR) is 72.8 cm³/mol. The van der Waals surface area contributed by atoms with Crippen LogP contribution in [0.1, 0.15) is 12.5 Å². The Kier molecular flexibility index (Phi) is 6.24. The lowest BCUT2D eigenvalue weighted by Gasteiger charge is -2.05. The number of halogens is 1. The van der Waals surface area contributed by atoms with Gasteiger partial charge in [0, 0.05) is 23.0 Å². The number of benzene rings is 1. The molecule has 5 heteroatoms. The molecule has 0 aromatic heterocycles. The van der Waals surface area contributed by atoms with Crippen LogP contribution in [0.25, 0.3) is 0 Å². The van der Waals surface area contributed by atoms with Crippen molar-refractivity contribution >= 4 is 44.5 Å². The van der Waals surface area contributed by atoms with Crippen LogP contribution in [0.4, 0.5) is 0 Å². The summed E-state index contributed by atoms with van der Waals surface area (Å²) in [5.41, 5.74) is 1.21. The average molecular weight is 306 g/mol. The van der Waals surface area contributed by atoms with Gasteiger partial charge in [0.25, 0.3) is 0 Å². The van der Waals surface area contributed by atoms with E-state index in [1.165, 1.54) is 17.5 Å². The third kappa shape index (κ3) is 5.51. The normalized spacial score (nSPS) is 10.0. The molecule has 1 aromatic rings. The van der Waals surface area contributed by atoms with Crippen molar-refractivity contribution in [3.8, 4) is 0 Å². The molecule has 0 radical (unpaired) electrons. The topological polar surface area (TPSA) is 21.3 Å². The van der Waals surface area contributed by atoms with Crippen molar-refractivity contribution < 1.29 is 4.74 Å². The van der Waals surface area contributed by atoms with E-state index < -0.39 is 0 Å². The summed E-state index contributed by atoms with van der Waals surface area (Å²) in [6.07, 6.45) is 0. The average Bonchev–Trinajstić information content (AvgIpc) is 2.21. The van der Waals surface area contributed by atoms with E-state index in [4.69, 9.17) is 17.0 Å². The van der Waals surface area contributed by atoms with Crippen molar-refractivity contribution in [2.45, 2.75) is 13.5 Å². The van der Waals surface area contributed by atoms with Gasteiger partial charge in [0.15, 0.2) is 0 Å². The van der Waals surface area contributed by atoms with Gasteiger partial charge >= 0.3 is 0 Å². The van der Waals surface area contributed by atoms with Crippen molar-refractivity contribution in [1.82, 2.24) is 4.72 Å². The maximum absolute atomic E-state index is 5.12. The number of ether oxygens (including phenoxy) is 1. The third-order valence-corrected chi connectivity index (χ3v) is 3.08. The molecule has 0 aliphatic carbocycles. The van der Waals surface area contributed by atoms with E-state index in [2.05, 4.69) is 32.8 Å². The fraction of sp³-hybridized carbons (Fsp3) is 0.300. The molecule has 0 aliphatic rings. The first-order valence-electron chi connectivity index (χ1n) is 4.53. The lowest BCUT2D eigenvalue weighted by Crippen LogP contribution is -2.08. The van der Waals surface area contributed by atoms with Gasteiger partial charge < -0.3 is 4.74 Å². The summed E-state index contributed by atoms with van der Waals surface area (Å²) in [5.74, 6) is 0. The number of hydrogen-bond acceptors (Lipinski definition) is 4. The number of hydrogen-bond donors (Lipinski definition) is 1. The maximum Gasteiger partial charge on any atom is 0.235 e. The smallest absolute Gasteiger partial charge is 0.235 e. The van der Waals surface area contributed by atoms with Crippen LogP contribution in [0.2, 0.25) is 0 Å². The highest BCUT2D eigenvalue weighted by Crippen LogP contribution is 2.11. The van der Waals surface area contributed by atoms with Gasteiger partial charge in [-0.2, -0.15) is 0 Å². The second-order valence-electron chi connectivity index (χ2n) is 2.73. The number of rotatable bonds is 4. The van der Waals surface area contributed by atoms with E-state index in [9.17, 15) is 0 Å². The summed E-state index contributed by atoms with van der Waals surface area (Å²) >= 11 is 9.70. The van der Waals surface area contributed by atoms with E-state index in [-0.39, 0.29) is 0 Å². The van der Waals surface area contributed by atoms with Gasteiger partial charge in [-0.25, -0.2) is 0 Å². The van der Waals surface area contributed by atoms with Crippen LogP contribution in [0.15, 0.2) is 28.7 Å². The Hall–Kier alpha value is -0.100. The molecule has 0 unspecified atom stereocenters. The quantitative estimate of drug-likeness (QED) is 0.678. The molecule has 82 valence electrons. The maximum atomic E-state index is 5.12. The van der Waals surface area contributed by atoms with Crippen LogP contribution < -0.4 is 4.72 Å². The fourth-order valence-electron chi connectivity index (χ4n) is 0.928. The second kappa shape index (κ2) is 7.22. The molecule has 0 spiro atoms.